The van der Waals surface area contributed by atoms with Gasteiger partial charge in [-0.25, -0.2) is 0 Å². The predicted molar refractivity (Wildman–Crippen MR) is 56.8 cm³/mol. The van der Waals surface area contributed by atoms with E-state index in [1.165, 1.54) is 6.92 Å². The number of carboxylic acid groups (broad SMARTS) is 2. The second-order valence-corrected chi connectivity index (χ2v) is 4.11. The molecular weight excluding hydrogens is 196 g/mol. The van der Waals surface area contributed by atoms with Gasteiger partial charge in [0.15, 0.2) is 5.41 Å². The monoisotopic (exact) mass is 216 g/mol. The minimum absolute atomic E-state index is 0.210. The van der Waals surface area contributed by atoms with Crippen LogP contribution in [0.4, 0.5) is 0 Å². The van der Waals surface area contributed by atoms with Crippen molar-refractivity contribution in [1.82, 2.24) is 0 Å². The topological polar surface area (TPSA) is 74.6 Å². The highest BCUT2D eigenvalue weighted by Crippen LogP contribution is 2.25. The van der Waals surface area contributed by atoms with E-state index in [1.54, 1.807) is 0 Å². The summed E-state index contributed by atoms with van der Waals surface area (Å²) < 4.78 is 0. The lowest BCUT2D eigenvalue weighted by Crippen LogP contribution is -2.36. The van der Waals surface area contributed by atoms with Crippen LogP contribution >= 0.6 is 0 Å². The fourth-order valence-corrected chi connectivity index (χ4v) is 1.39. The summed E-state index contributed by atoms with van der Waals surface area (Å²) in [6, 6.07) is 0. The van der Waals surface area contributed by atoms with Gasteiger partial charge in [0.1, 0.15) is 0 Å². The predicted octanol–water partition coefficient (Wildman–Crippen LogP) is 2.52. The normalized spacial score (nSPS) is 11.3. The van der Waals surface area contributed by atoms with Gasteiger partial charge in [-0.3, -0.25) is 9.59 Å². The maximum absolute atomic E-state index is 10.8. The molecule has 0 aliphatic heterocycles. The number of aliphatic carboxylic acids is 2. The van der Waals surface area contributed by atoms with Crippen molar-refractivity contribution in [3.05, 3.63) is 0 Å². The fraction of sp³-hybridized carbons (Fsp3) is 0.818. The molecule has 0 aromatic heterocycles. The van der Waals surface area contributed by atoms with Crippen LogP contribution in [0.15, 0.2) is 0 Å². The summed E-state index contributed by atoms with van der Waals surface area (Å²) in [5.41, 5.74) is -1.62. The highest BCUT2D eigenvalue weighted by Gasteiger charge is 2.40. The van der Waals surface area contributed by atoms with E-state index < -0.39 is 17.4 Å². The summed E-state index contributed by atoms with van der Waals surface area (Å²) in [5, 5.41) is 17.6. The Morgan fingerprint density at radius 1 is 1.00 bits per heavy atom. The van der Waals surface area contributed by atoms with Crippen molar-refractivity contribution in [2.75, 3.05) is 0 Å². The quantitative estimate of drug-likeness (QED) is 0.483. The Labute approximate surface area is 90.3 Å². The summed E-state index contributed by atoms with van der Waals surface area (Å²) >= 11 is 0. The van der Waals surface area contributed by atoms with E-state index >= 15 is 0 Å². The number of carbonyl (C=O) groups is 2. The van der Waals surface area contributed by atoms with Gasteiger partial charge in [0.2, 0.25) is 0 Å². The Kier molecular flexibility index (Phi) is 5.97. The van der Waals surface area contributed by atoms with Gasteiger partial charge >= 0.3 is 11.9 Å². The van der Waals surface area contributed by atoms with E-state index in [9.17, 15) is 9.59 Å². The smallest absolute Gasteiger partial charge is 0.320 e. The Morgan fingerprint density at radius 3 is 1.87 bits per heavy atom. The molecule has 15 heavy (non-hydrogen) atoms. The molecule has 0 unspecified atom stereocenters. The zero-order valence-corrected chi connectivity index (χ0v) is 9.45. The van der Waals surface area contributed by atoms with Gasteiger partial charge in [-0.15, -0.1) is 0 Å². The van der Waals surface area contributed by atoms with Crippen molar-refractivity contribution in [2.45, 2.75) is 52.4 Å². The molecular formula is C11H20O4. The maximum Gasteiger partial charge on any atom is 0.320 e. The Bertz CT molecular complexity index is 209. The van der Waals surface area contributed by atoms with Gasteiger partial charge < -0.3 is 10.2 Å². The van der Waals surface area contributed by atoms with E-state index in [0.717, 1.165) is 25.7 Å². The summed E-state index contributed by atoms with van der Waals surface area (Å²) in [6.45, 7) is 3.37. The standard InChI is InChI=1S/C11H20O4/c1-3-4-5-6-7-8-11(2,9(12)13)10(14)15/h3-8H2,1-2H3,(H,12,13)(H,14,15). The van der Waals surface area contributed by atoms with Crippen LogP contribution in [0.5, 0.6) is 0 Å². The molecule has 4 heteroatoms. The van der Waals surface area contributed by atoms with Crippen molar-refractivity contribution in [3.8, 4) is 0 Å². The Hall–Kier alpha value is -1.06. The average molecular weight is 216 g/mol. The van der Waals surface area contributed by atoms with Gasteiger partial charge in [0.05, 0.1) is 0 Å². The van der Waals surface area contributed by atoms with Gasteiger partial charge in [-0.2, -0.15) is 0 Å². The first kappa shape index (κ1) is 13.9. The zero-order chi connectivity index (χ0) is 11.9. The molecule has 0 aromatic carbocycles. The second-order valence-electron chi connectivity index (χ2n) is 4.11. The van der Waals surface area contributed by atoms with E-state index in [4.69, 9.17) is 10.2 Å². The van der Waals surface area contributed by atoms with Crippen molar-refractivity contribution >= 4 is 11.9 Å². The van der Waals surface area contributed by atoms with Gasteiger partial charge in [-0.1, -0.05) is 39.0 Å². The highest BCUT2D eigenvalue weighted by atomic mass is 16.4. The number of unbranched alkanes of at least 4 members (excludes halogenated alkanes) is 4. The number of rotatable bonds is 8. The third-order valence-corrected chi connectivity index (χ3v) is 2.72. The number of hydrogen-bond donors (Lipinski definition) is 2. The van der Waals surface area contributed by atoms with Gasteiger partial charge in [0.25, 0.3) is 0 Å². The van der Waals surface area contributed by atoms with Crippen LogP contribution in [0.3, 0.4) is 0 Å². The van der Waals surface area contributed by atoms with Crippen molar-refractivity contribution in [3.63, 3.8) is 0 Å². The Balaban J connectivity index is 3.99. The Morgan fingerprint density at radius 2 is 1.47 bits per heavy atom. The molecule has 0 aliphatic carbocycles. The highest BCUT2D eigenvalue weighted by molar-refractivity contribution is 5.97. The third-order valence-electron chi connectivity index (χ3n) is 2.72. The van der Waals surface area contributed by atoms with Crippen molar-refractivity contribution in [2.24, 2.45) is 5.41 Å². The lowest BCUT2D eigenvalue weighted by atomic mass is 9.85. The molecule has 0 radical (unpaired) electrons. The molecule has 0 atom stereocenters. The zero-order valence-electron chi connectivity index (χ0n) is 9.45. The van der Waals surface area contributed by atoms with E-state index in [1.807, 2.05) is 0 Å². The molecule has 0 amide bonds. The minimum atomic E-state index is -1.62. The molecule has 4 nitrogen and oxygen atoms in total. The van der Waals surface area contributed by atoms with Gasteiger partial charge in [-0.05, 0) is 13.3 Å². The van der Waals surface area contributed by atoms with Crippen LogP contribution in [0.1, 0.15) is 52.4 Å². The number of carboxylic acids is 2. The lowest BCUT2D eigenvalue weighted by molar-refractivity contribution is -0.163. The van der Waals surface area contributed by atoms with Crippen molar-refractivity contribution in [1.29, 1.82) is 0 Å². The van der Waals surface area contributed by atoms with E-state index in [0.29, 0.717) is 6.42 Å². The summed E-state index contributed by atoms with van der Waals surface area (Å²) in [7, 11) is 0. The van der Waals surface area contributed by atoms with Crippen LogP contribution in [0.2, 0.25) is 0 Å². The largest absolute Gasteiger partial charge is 0.480 e. The number of hydrogen-bond acceptors (Lipinski definition) is 2. The fourth-order valence-electron chi connectivity index (χ4n) is 1.39. The van der Waals surface area contributed by atoms with Crippen LogP contribution in [-0.2, 0) is 9.59 Å². The molecule has 0 spiro atoms. The molecule has 0 aliphatic rings. The van der Waals surface area contributed by atoms with Crippen LogP contribution in [0, 0.1) is 5.41 Å². The first-order valence-corrected chi connectivity index (χ1v) is 5.42. The molecule has 0 heterocycles. The second kappa shape index (κ2) is 6.43. The third kappa shape index (κ3) is 4.32. The lowest BCUT2D eigenvalue weighted by Gasteiger charge is -2.19. The molecule has 2 N–H and O–H groups in total. The molecule has 0 saturated carbocycles. The van der Waals surface area contributed by atoms with Crippen molar-refractivity contribution < 1.29 is 19.8 Å². The molecule has 88 valence electrons. The molecule has 0 rings (SSSR count). The molecule has 0 aromatic rings. The van der Waals surface area contributed by atoms with Crippen LogP contribution in [-0.4, -0.2) is 22.2 Å². The molecule has 0 saturated heterocycles. The van der Waals surface area contributed by atoms with E-state index in [2.05, 4.69) is 6.92 Å². The van der Waals surface area contributed by atoms with Crippen LogP contribution < -0.4 is 0 Å². The molecule has 0 bridgehead atoms. The summed E-state index contributed by atoms with van der Waals surface area (Å²) in [6.07, 6.45) is 5.07. The van der Waals surface area contributed by atoms with Crippen LogP contribution in [0.25, 0.3) is 0 Å². The summed E-state index contributed by atoms with van der Waals surface area (Å²) in [5.74, 6) is -2.49. The maximum atomic E-state index is 10.8. The van der Waals surface area contributed by atoms with Gasteiger partial charge in [0, 0.05) is 0 Å². The molecule has 0 fully saturated rings. The summed E-state index contributed by atoms with van der Waals surface area (Å²) in [4.78, 5) is 21.6. The SMILES string of the molecule is CCCCCCCC(C)(C(=O)O)C(=O)O. The first-order valence-electron chi connectivity index (χ1n) is 5.42. The first-order chi connectivity index (χ1) is 6.95. The van der Waals surface area contributed by atoms with E-state index in [-0.39, 0.29) is 6.42 Å². The minimum Gasteiger partial charge on any atom is -0.480 e. The average Bonchev–Trinajstić information content (AvgIpc) is 2.16.